The van der Waals surface area contributed by atoms with E-state index in [4.69, 9.17) is 4.74 Å². The number of rotatable bonds is 7. The third-order valence-electron chi connectivity index (χ3n) is 5.88. The molecular weight excluding hydrogens is 436 g/mol. The Hall–Kier alpha value is -2.55. The topological polar surface area (TPSA) is 113 Å². The molecule has 0 bridgehead atoms. The number of ether oxygens (including phenoxy) is 1. The molecule has 1 aromatic rings. The van der Waals surface area contributed by atoms with Gasteiger partial charge in [-0.1, -0.05) is 17.6 Å². The molecule has 31 heavy (non-hydrogen) atoms. The van der Waals surface area contributed by atoms with Gasteiger partial charge in [-0.25, -0.2) is 8.42 Å². The summed E-state index contributed by atoms with van der Waals surface area (Å²) >= 11 is 0. The number of amides is 1. The second-order valence-corrected chi connectivity index (χ2v) is 10.3. The molecule has 166 valence electrons. The summed E-state index contributed by atoms with van der Waals surface area (Å²) in [7, 11) is -3.01. The van der Waals surface area contributed by atoms with Crippen molar-refractivity contribution in [1.29, 1.82) is 5.26 Å². The molecule has 2 fully saturated rings. The monoisotopic (exact) mass is 456 g/mol. The van der Waals surface area contributed by atoms with Crippen LogP contribution in [0, 0.1) is 23.2 Å². The van der Waals surface area contributed by atoms with Gasteiger partial charge in [0.1, 0.15) is 13.4 Å². The van der Waals surface area contributed by atoms with Crippen molar-refractivity contribution in [2.45, 2.75) is 47.5 Å². The van der Waals surface area contributed by atoms with E-state index in [1.165, 1.54) is 13.9 Å². The van der Waals surface area contributed by atoms with Crippen LogP contribution >= 0.6 is 0 Å². The smallest absolute Gasteiger partial charge is 0.417 e. The molecule has 1 N–H and O–H groups in total. The normalized spacial score (nSPS) is 24.8. The van der Waals surface area contributed by atoms with Crippen molar-refractivity contribution in [2.24, 2.45) is 11.8 Å². The van der Waals surface area contributed by atoms with E-state index >= 15 is 0 Å². The summed E-state index contributed by atoms with van der Waals surface area (Å²) in [5.74, 6) is -2.17. The summed E-state index contributed by atoms with van der Waals surface area (Å²) in [5.41, 5.74) is -1.97. The molecule has 2 aliphatic carbocycles. The minimum atomic E-state index is -4.87. The first-order chi connectivity index (χ1) is 14.4. The Balaban J connectivity index is 1.91. The summed E-state index contributed by atoms with van der Waals surface area (Å²) in [5, 5.41) is 10.5. The molecule has 0 heterocycles. The molecular formula is C19H20BF3N2O5S. The molecule has 0 radical (unpaired) electrons. The average molecular weight is 456 g/mol. The Bertz CT molecular complexity index is 1030. The quantitative estimate of drug-likeness (QED) is 0.472. The van der Waals surface area contributed by atoms with Gasteiger partial charge in [0.05, 0.1) is 28.4 Å². The maximum atomic E-state index is 13.5. The van der Waals surface area contributed by atoms with E-state index in [0.717, 1.165) is 12.1 Å². The lowest BCUT2D eigenvalue weighted by atomic mass is 9.94. The number of benzene rings is 1. The van der Waals surface area contributed by atoms with E-state index in [2.05, 4.69) is 5.32 Å². The van der Waals surface area contributed by atoms with Crippen LogP contribution in [0.15, 0.2) is 23.1 Å². The molecule has 0 unspecified atom stereocenters. The van der Waals surface area contributed by atoms with Gasteiger partial charge in [0, 0.05) is 11.8 Å². The van der Waals surface area contributed by atoms with Crippen LogP contribution < -0.4 is 10.8 Å². The second-order valence-electron chi connectivity index (χ2n) is 8.12. The van der Waals surface area contributed by atoms with Gasteiger partial charge >= 0.3 is 6.18 Å². The predicted molar refractivity (Wildman–Crippen MR) is 105 cm³/mol. The van der Waals surface area contributed by atoms with Crippen molar-refractivity contribution in [2.75, 3.05) is 6.61 Å². The van der Waals surface area contributed by atoms with Crippen LogP contribution in [-0.2, 0) is 30.3 Å². The van der Waals surface area contributed by atoms with Gasteiger partial charge in [0.2, 0.25) is 5.91 Å². The molecule has 12 heteroatoms. The van der Waals surface area contributed by atoms with Gasteiger partial charge in [-0.15, -0.1) is 0 Å². The maximum absolute atomic E-state index is 13.5. The van der Waals surface area contributed by atoms with E-state index < -0.39 is 55.0 Å². The minimum Gasteiger partial charge on any atom is -0.468 e. The number of carbonyl (C=O) groups is 2. The van der Waals surface area contributed by atoms with Crippen molar-refractivity contribution in [3.05, 3.63) is 23.8 Å². The van der Waals surface area contributed by atoms with E-state index in [1.54, 1.807) is 0 Å². The molecule has 0 aliphatic heterocycles. The summed E-state index contributed by atoms with van der Waals surface area (Å²) in [4.78, 5) is 22.5. The fourth-order valence-electron chi connectivity index (χ4n) is 4.01. The van der Waals surface area contributed by atoms with Gasteiger partial charge in [0.25, 0.3) is 6.47 Å². The Morgan fingerprint density at radius 3 is 2.58 bits per heavy atom. The van der Waals surface area contributed by atoms with Gasteiger partial charge < -0.3 is 10.1 Å². The lowest BCUT2D eigenvalue weighted by Crippen LogP contribution is -2.41. The Kier molecular flexibility index (Phi) is 6.10. The Morgan fingerprint density at radius 2 is 2.03 bits per heavy atom. The number of nitriles is 1. The standard InChI is InChI=1S/C19H20BF3N2O5S/c20-12-1-2-16(15(6-12)19(21,22)23)31(28,29)13-5-11(8-30-10-26)14(7-13)17(27)25-18(9-24)3-4-18/h1-2,6,10-11,13-14H,3-5,7-8,20H2,(H,25,27)/t11-,13-,14+/m0/s1. The molecule has 0 spiro atoms. The summed E-state index contributed by atoms with van der Waals surface area (Å²) < 4.78 is 71.6. The number of nitrogens with zero attached hydrogens (tertiary/aromatic N) is 1. The number of hydrogen-bond acceptors (Lipinski definition) is 6. The fourth-order valence-corrected chi connectivity index (χ4v) is 6.07. The van der Waals surface area contributed by atoms with Crippen LogP contribution in [0.2, 0.25) is 0 Å². The van der Waals surface area contributed by atoms with Gasteiger partial charge in [0.15, 0.2) is 9.84 Å². The van der Waals surface area contributed by atoms with Crippen LogP contribution in [0.4, 0.5) is 13.2 Å². The second kappa shape index (κ2) is 8.18. The molecule has 0 saturated heterocycles. The highest BCUT2D eigenvalue weighted by Crippen LogP contribution is 2.43. The third kappa shape index (κ3) is 4.71. The summed E-state index contributed by atoms with van der Waals surface area (Å²) in [6.07, 6.45) is -4.29. The Labute approximate surface area is 178 Å². The molecule has 0 aromatic heterocycles. The molecule has 2 saturated carbocycles. The van der Waals surface area contributed by atoms with Gasteiger partial charge in [-0.2, -0.15) is 18.4 Å². The highest BCUT2D eigenvalue weighted by atomic mass is 32.2. The van der Waals surface area contributed by atoms with Crippen molar-refractivity contribution in [1.82, 2.24) is 5.32 Å². The largest absolute Gasteiger partial charge is 0.468 e. The van der Waals surface area contributed by atoms with Crippen LogP contribution in [0.25, 0.3) is 0 Å². The average Bonchev–Trinajstić information content (AvgIpc) is 3.32. The first-order valence-electron chi connectivity index (χ1n) is 9.64. The first kappa shape index (κ1) is 23.1. The molecule has 3 rings (SSSR count). The van der Waals surface area contributed by atoms with Crippen LogP contribution in [0.5, 0.6) is 0 Å². The number of nitrogens with one attached hydrogen (secondary N) is 1. The zero-order valence-electron chi connectivity index (χ0n) is 16.6. The summed E-state index contributed by atoms with van der Waals surface area (Å²) in [6.45, 7) is -0.0800. The van der Waals surface area contributed by atoms with Gasteiger partial charge in [-0.05, 0) is 31.7 Å². The Morgan fingerprint density at radius 1 is 1.35 bits per heavy atom. The van der Waals surface area contributed by atoms with Crippen LogP contribution in [0.1, 0.15) is 31.2 Å². The number of sulfone groups is 1. The number of carbonyl (C=O) groups excluding carboxylic acids is 2. The van der Waals surface area contributed by atoms with Gasteiger partial charge in [-0.3, -0.25) is 9.59 Å². The molecule has 1 amide bonds. The van der Waals surface area contributed by atoms with Crippen molar-refractivity contribution in [3.63, 3.8) is 0 Å². The van der Waals surface area contributed by atoms with E-state index in [-0.39, 0.29) is 31.4 Å². The van der Waals surface area contributed by atoms with Crippen LogP contribution in [-0.4, -0.2) is 46.0 Å². The van der Waals surface area contributed by atoms with E-state index in [9.17, 15) is 36.4 Å². The maximum Gasteiger partial charge on any atom is 0.417 e. The zero-order chi connectivity index (χ0) is 23.0. The lowest BCUT2D eigenvalue weighted by Gasteiger charge is -2.19. The highest BCUT2D eigenvalue weighted by molar-refractivity contribution is 7.92. The molecule has 3 atom stereocenters. The first-order valence-corrected chi connectivity index (χ1v) is 11.2. The van der Waals surface area contributed by atoms with Crippen molar-refractivity contribution < 1.29 is 35.9 Å². The number of alkyl halides is 3. The van der Waals surface area contributed by atoms with Crippen molar-refractivity contribution >= 4 is 35.5 Å². The van der Waals surface area contributed by atoms with Crippen LogP contribution in [0.3, 0.4) is 0 Å². The molecule has 1 aromatic carbocycles. The molecule has 2 aliphatic rings. The summed E-state index contributed by atoms with van der Waals surface area (Å²) in [6, 6.07) is 5.01. The lowest BCUT2D eigenvalue weighted by molar-refractivity contribution is -0.139. The zero-order valence-corrected chi connectivity index (χ0v) is 17.4. The fraction of sp³-hybridized carbons (Fsp3) is 0.526. The minimum absolute atomic E-state index is 0.140. The highest BCUT2D eigenvalue weighted by Gasteiger charge is 2.51. The number of hydrogen-bond donors (Lipinski definition) is 1. The third-order valence-corrected chi connectivity index (χ3v) is 8.11. The van der Waals surface area contributed by atoms with E-state index in [0.29, 0.717) is 12.8 Å². The molecule has 7 nitrogen and oxygen atoms in total. The predicted octanol–water partition coefficient (Wildman–Crippen LogP) is 0.478. The van der Waals surface area contributed by atoms with E-state index in [1.807, 2.05) is 6.07 Å². The number of halogens is 3. The SMILES string of the molecule is Bc1ccc(S(=O)(=O)[C@H]2C[C@@H](COC=O)[C@H](C(=O)NC3(C#N)CC3)C2)c(C(F)(F)F)c1. The van der Waals surface area contributed by atoms with Crippen molar-refractivity contribution in [3.8, 4) is 6.07 Å².